The Kier molecular flexibility index (Phi) is 7.72. The summed E-state index contributed by atoms with van der Waals surface area (Å²) in [7, 11) is -4.37. The van der Waals surface area contributed by atoms with Crippen LogP contribution < -0.4 is 32.0 Å². The van der Waals surface area contributed by atoms with Crippen LogP contribution in [-0.2, 0) is 21.5 Å². The topological polar surface area (TPSA) is 259 Å². The van der Waals surface area contributed by atoms with Gasteiger partial charge < -0.3 is 37.5 Å². The summed E-state index contributed by atoms with van der Waals surface area (Å²) in [5.74, 6) is -0.741. The number of nitrogen functional groups attached to an aromatic ring is 2. The van der Waals surface area contributed by atoms with Crippen molar-refractivity contribution in [3.8, 4) is 0 Å². The molecule has 0 bridgehead atoms. The fourth-order valence-corrected chi connectivity index (χ4v) is 5.08. The number of carbonyl (C=O) groups excluding carboxylic acids is 1. The van der Waals surface area contributed by atoms with E-state index in [1.807, 2.05) is 16.9 Å². The molecule has 0 aliphatic carbocycles. The Morgan fingerprint density at radius 1 is 1.05 bits per heavy atom. The summed E-state index contributed by atoms with van der Waals surface area (Å²) in [4.78, 5) is 25.2. The van der Waals surface area contributed by atoms with E-state index in [9.17, 15) is 23.4 Å². The minimum absolute atomic E-state index is 0.0276. The molecule has 11 N–H and O–H groups in total. The van der Waals surface area contributed by atoms with Crippen molar-refractivity contribution in [3.05, 3.63) is 66.0 Å². The van der Waals surface area contributed by atoms with Crippen LogP contribution in [0.5, 0.6) is 0 Å². The lowest BCUT2D eigenvalue weighted by Crippen LogP contribution is -2.45. The maximum atomic E-state index is 12.5. The Balaban J connectivity index is 1.30. The zero-order chi connectivity index (χ0) is 29.3. The molecule has 1 fully saturated rings. The van der Waals surface area contributed by atoms with Crippen LogP contribution in [0, 0.1) is 0 Å². The number of anilines is 4. The highest BCUT2D eigenvalue weighted by molar-refractivity contribution is 7.88. The van der Waals surface area contributed by atoms with Gasteiger partial charge in [-0.15, -0.1) is 0 Å². The first kappa shape index (κ1) is 28.1. The normalized spacial score (nSPS) is 20.8. The smallest absolute Gasteiger partial charge is 0.301 e. The van der Waals surface area contributed by atoms with Gasteiger partial charge in [0.05, 0.1) is 11.9 Å². The molecule has 3 heterocycles. The van der Waals surface area contributed by atoms with E-state index < -0.39 is 47.2 Å². The number of rotatable bonds is 9. The molecule has 0 radical (unpaired) electrons. The van der Waals surface area contributed by atoms with E-state index in [0.29, 0.717) is 12.2 Å². The molecule has 216 valence electrons. The van der Waals surface area contributed by atoms with Crippen molar-refractivity contribution in [3.63, 3.8) is 0 Å². The first-order valence-electron chi connectivity index (χ1n) is 12.3. The number of aliphatic hydroxyl groups is 2. The van der Waals surface area contributed by atoms with Crippen LogP contribution in [0.3, 0.4) is 0 Å². The summed E-state index contributed by atoms with van der Waals surface area (Å²) in [5.41, 5.74) is 19.6. The lowest BCUT2D eigenvalue weighted by Gasteiger charge is -2.17. The molecule has 1 aliphatic heterocycles. The Morgan fingerprint density at radius 2 is 1.78 bits per heavy atom. The Bertz CT molecular complexity index is 1680. The van der Waals surface area contributed by atoms with Crippen LogP contribution in [0.2, 0.25) is 0 Å². The summed E-state index contributed by atoms with van der Waals surface area (Å²) in [6.07, 6.45) is -4.07. The van der Waals surface area contributed by atoms with Crippen LogP contribution >= 0.6 is 0 Å². The van der Waals surface area contributed by atoms with Gasteiger partial charge in [0, 0.05) is 24.5 Å². The van der Waals surface area contributed by atoms with Crippen molar-refractivity contribution in [2.45, 2.75) is 31.1 Å². The highest BCUT2D eigenvalue weighted by Gasteiger charge is 2.44. The summed E-state index contributed by atoms with van der Waals surface area (Å²) in [6.45, 7) is -0.0820. The lowest BCUT2D eigenvalue weighted by atomic mass is 10.1. The number of para-hydroxylation sites is 1. The second-order valence-corrected chi connectivity index (χ2v) is 10.7. The number of hydrogen-bond donors (Lipinski definition) is 8. The summed E-state index contributed by atoms with van der Waals surface area (Å²) in [6, 6.07) is 13.2. The molecule has 1 amide bonds. The molecule has 1 aliphatic rings. The summed E-state index contributed by atoms with van der Waals surface area (Å²) in [5, 5.41) is 24.4. The molecular formula is C24H28N10O6S. The van der Waals surface area contributed by atoms with Crippen LogP contribution in [-0.4, -0.2) is 68.9 Å². The summed E-state index contributed by atoms with van der Waals surface area (Å²) >= 11 is 0. The zero-order valence-electron chi connectivity index (χ0n) is 21.4. The van der Waals surface area contributed by atoms with Crippen molar-refractivity contribution in [1.82, 2.24) is 29.0 Å². The van der Waals surface area contributed by atoms with E-state index >= 15 is 0 Å². The molecule has 0 unspecified atom stereocenters. The van der Waals surface area contributed by atoms with E-state index in [-0.39, 0.29) is 34.2 Å². The number of aromatic nitrogens is 4. The number of fused-ring (bicyclic) bond motifs is 1. The van der Waals surface area contributed by atoms with E-state index in [2.05, 4.69) is 25.0 Å². The van der Waals surface area contributed by atoms with Gasteiger partial charge in [-0.1, -0.05) is 24.3 Å². The monoisotopic (exact) mass is 584 g/mol. The van der Waals surface area contributed by atoms with Gasteiger partial charge in [-0.3, -0.25) is 9.36 Å². The molecule has 0 saturated carbocycles. The Labute approximate surface area is 233 Å². The van der Waals surface area contributed by atoms with Crippen molar-refractivity contribution in [1.29, 1.82) is 0 Å². The molecule has 1 saturated heterocycles. The lowest BCUT2D eigenvalue weighted by molar-refractivity contribution is -0.0330. The fraction of sp³-hybridized carbons (Fsp3) is 0.250. The van der Waals surface area contributed by atoms with Crippen molar-refractivity contribution >= 4 is 50.4 Å². The van der Waals surface area contributed by atoms with Crippen LogP contribution in [0.25, 0.3) is 11.2 Å². The molecule has 0 spiro atoms. The highest BCUT2D eigenvalue weighted by Crippen LogP contribution is 2.32. The van der Waals surface area contributed by atoms with Gasteiger partial charge in [-0.2, -0.15) is 23.1 Å². The average molecular weight is 585 g/mol. The number of hydrogen-bond acceptors (Lipinski definition) is 13. The van der Waals surface area contributed by atoms with Gasteiger partial charge in [0.1, 0.15) is 23.8 Å². The zero-order valence-corrected chi connectivity index (χ0v) is 22.2. The Morgan fingerprint density at radius 3 is 2.49 bits per heavy atom. The molecule has 5 rings (SSSR count). The molecule has 2 aromatic carbocycles. The standard InChI is InChI=1S/C24H28N10O6S/c25-9-12-5-7-13(8-6-12)30-24-31-20(27)17-21(32-24)34(11-28-17)23-19(36)18(35)16(40-23)10-29-41(38,39)33-22(37)14-3-1-2-4-15(14)26/h1-8,11,16,18-19,23,29,35-36H,9-10,25-26H2,(H,33,37)(H3,27,30,31,32)/t16-,18-,19-,23-/m1/s1. The molecule has 41 heavy (non-hydrogen) atoms. The minimum Gasteiger partial charge on any atom is -0.398 e. The molecular weight excluding hydrogens is 556 g/mol. The van der Waals surface area contributed by atoms with E-state index in [4.69, 9.17) is 21.9 Å². The number of aliphatic hydroxyl groups excluding tert-OH is 2. The third-order valence-corrected chi connectivity index (χ3v) is 7.41. The predicted molar refractivity (Wildman–Crippen MR) is 149 cm³/mol. The highest BCUT2D eigenvalue weighted by atomic mass is 32.2. The van der Waals surface area contributed by atoms with Crippen molar-refractivity contribution in [2.75, 3.05) is 23.3 Å². The van der Waals surface area contributed by atoms with E-state index in [0.717, 1.165) is 5.56 Å². The van der Waals surface area contributed by atoms with Gasteiger partial charge in [-0.25, -0.2) is 9.71 Å². The SMILES string of the molecule is NCc1ccc(Nc2nc(N)c3ncn([C@@H]4O[C@H](CNS(=O)(=O)NC(=O)c5ccccc5N)[C@@H](O)[C@H]4O)c3n2)cc1. The third kappa shape index (κ3) is 5.89. The number of nitrogens with one attached hydrogen (secondary N) is 3. The van der Waals surface area contributed by atoms with Crippen LogP contribution in [0.15, 0.2) is 54.9 Å². The average Bonchev–Trinajstić information content (AvgIpc) is 3.48. The first-order valence-corrected chi connectivity index (χ1v) is 13.8. The second kappa shape index (κ2) is 11.2. The number of nitrogens with two attached hydrogens (primary N) is 3. The largest absolute Gasteiger partial charge is 0.398 e. The Hall–Kier alpha value is -4.39. The molecule has 4 aromatic rings. The first-order chi connectivity index (χ1) is 19.6. The fourth-order valence-electron chi connectivity index (χ4n) is 4.27. The number of nitrogens with zero attached hydrogens (tertiary/aromatic N) is 4. The van der Waals surface area contributed by atoms with Gasteiger partial charge in [0.25, 0.3) is 5.91 Å². The molecule has 16 nitrogen and oxygen atoms in total. The van der Waals surface area contributed by atoms with E-state index in [1.54, 1.807) is 18.2 Å². The summed E-state index contributed by atoms with van der Waals surface area (Å²) < 4.78 is 36.1. The quantitative estimate of drug-likeness (QED) is 0.111. The predicted octanol–water partition coefficient (Wildman–Crippen LogP) is -0.923. The number of carbonyl (C=O) groups is 1. The van der Waals surface area contributed by atoms with Crippen molar-refractivity contribution in [2.24, 2.45) is 5.73 Å². The minimum atomic E-state index is -4.37. The maximum Gasteiger partial charge on any atom is 0.301 e. The molecule has 4 atom stereocenters. The number of imidazole rings is 1. The number of ether oxygens (including phenoxy) is 1. The third-order valence-electron chi connectivity index (χ3n) is 6.41. The maximum absolute atomic E-state index is 12.5. The van der Waals surface area contributed by atoms with Crippen LogP contribution in [0.4, 0.5) is 23.1 Å². The molecule has 17 heteroatoms. The second-order valence-electron chi connectivity index (χ2n) is 9.20. The van der Waals surface area contributed by atoms with Gasteiger partial charge in [0.15, 0.2) is 17.7 Å². The van der Waals surface area contributed by atoms with Gasteiger partial charge in [0.2, 0.25) is 5.95 Å². The molecule has 2 aromatic heterocycles. The van der Waals surface area contributed by atoms with Crippen molar-refractivity contribution < 1.29 is 28.2 Å². The van der Waals surface area contributed by atoms with E-state index in [1.165, 1.54) is 29.1 Å². The van der Waals surface area contributed by atoms with Gasteiger partial charge >= 0.3 is 10.2 Å². The number of amides is 1. The number of benzene rings is 2. The van der Waals surface area contributed by atoms with Gasteiger partial charge in [-0.05, 0) is 29.8 Å². The van der Waals surface area contributed by atoms with Crippen LogP contribution in [0.1, 0.15) is 22.1 Å².